The SMILES string of the molecule is CON=CC[C@@H](C[C@@H](C(=O)OC)N(C(=O)OC(C)(C)C)C(=O)OC(C)(C)C)C(=O)OC. The molecule has 2 atom stereocenters. The molecule has 0 saturated heterocycles. The average molecular weight is 446 g/mol. The van der Waals surface area contributed by atoms with Crippen molar-refractivity contribution in [3.05, 3.63) is 0 Å². The zero-order valence-corrected chi connectivity index (χ0v) is 19.7. The third kappa shape index (κ3) is 10.7. The molecule has 0 radical (unpaired) electrons. The zero-order valence-electron chi connectivity index (χ0n) is 19.7. The van der Waals surface area contributed by atoms with Gasteiger partial charge in [-0.2, -0.15) is 4.90 Å². The van der Waals surface area contributed by atoms with Gasteiger partial charge in [0.05, 0.1) is 20.1 Å². The van der Waals surface area contributed by atoms with E-state index in [4.69, 9.17) is 18.9 Å². The van der Waals surface area contributed by atoms with Crippen molar-refractivity contribution < 1.29 is 43.0 Å². The van der Waals surface area contributed by atoms with Crippen LogP contribution in [0.1, 0.15) is 54.4 Å². The molecule has 0 aliphatic rings. The van der Waals surface area contributed by atoms with Crippen LogP contribution in [0, 0.1) is 5.92 Å². The second kappa shape index (κ2) is 12.1. The number of hydrogen-bond acceptors (Lipinski definition) is 10. The number of imide groups is 1. The van der Waals surface area contributed by atoms with Gasteiger partial charge in [-0.05, 0) is 54.4 Å². The topological polar surface area (TPSA) is 130 Å². The van der Waals surface area contributed by atoms with Crippen LogP contribution in [0.15, 0.2) is 5.16 Å². The number of methoxy groups -OCH3 is 2. The standard InChI is InChI=1S/C20H34N2O9/c1-19(2,3)30-17(25)22(18(26)31-20(4,5)6)14(16(24)28-8)12-13(15(23)27-7)10-11-21-29-9/h11,13-14H,10,12H2,1-9H3/t13-,14-/m0/s1. The molecule has 0 spiro atoms. The number of esters is 2. The third-order valence-corrected chi connectivity index (χ3v) is 3.58. The molecule has 0 fully saturated rings. The molecule has 0 heterocycles. The maximum absolute atomic E-state index is 12.9. The van der Waals surface area contributed by atoms with E-state index in [-0.39, 0.29) is 12.8 Å². The van der Waals surface area contributed by atoms with Crippen LogP contribution in [0.3, 0.4) is 0 Å². The maximum atomic E-state index is 12.9. The Labute approximate surface area is 182 Å². The van der Waals surface area contributed by atoms with Gasteiger partial charge in [0.25, 0.3) is 0 Å². The van der Waals surface area contributed by atoms with Crippen molar-refractivity contribution in [1.82, 2.24) is 4.90 Å². The number of nitrogens with zero attached hydrogens (tertiary/aromatic N) is 2. The molecule has 0 saturated carbocycles. The first kappa shape index (κ1) is 28.1. The van der Waals surface area contributed by atoms with E-state index in [2.05, 4.69) is 9.99 Å². The van der Waals surface area contributed by atoms with E-state index < -0.39 is 47.3 Å². The number of amides is 2. The molecule has 11 heteroatoms. The molecule has 11 nitrogen and oxygen atoms in total. The lowest BCUT2D eigenvalue weighted by Crippen LogP contribution is -2.53. The van der Waals surface area contributed by atoms with Crippen LogP contribution in [-0.4, -0.2) is 73.8 Å². The summed E-state index contributed by atoms with van der Waals surface area (Å²) in [6.45, 7) is 9.61. The summed E-state index contributed by atoms with van der Waals surface area (Å²) in [4.78, 5) is 55.6. The van der Waals surface area contributed by atoms with Crippen molar-refractivity contribution in [3.63, 3.8) is 0 Å². The van der Waals surface area contributed by atoms with Crippen LogP contribution in [-0.2, 0) is 33.4 Å². The number of ether oxygens (including phenoxy) is 4. The smallest absolute Gasteiger partial charge is 0.420 e. The van der Waals surface area contributed by atoms with E-state index in [1.165, 1.54) is 20.4 Å². The first-order valence-electron chi connectivity index (χ1n) is 9.62. The van der Waals surface area contributed by atoms with Gasteiger partial charge in [0.1, 0.15) is 24.4 Å². The predicted octanol–water partition coefficient (Wildman–Crippen LogP) is 2.90. The van der Waals surface area contributed by atoms with E-state index >= 15 is 0 Å². The number of carbonyl (C=O) groups is 4. The zero-order chi connectivity index (χ0) is 24.4. The fourth-order valence-corrected chi connectivity index (χ4v) is 2.36. The van der Waals surface area contributed by atoms with Crippen LogP contribution < -0.4 is 0 Å². The molecule has 0 aliphatic carbocycles. The van der Waals surface area contributed by atoms with Gasteiger partial charge >= 0.3 is 24.1 Å². The Kier molecular flexibility index (Phi) is 11.0. The van der Waals surface area contributed by atoms with Crippen LogP contribution in [0.25, 0.3) is 0 Å². The largest absolute Gasteiger partial charge is 0.469 e. The highest BCUT2D eigenvalue weighted by molar-refractivity contribution is 5.94. The van der Waals surface area contributed by atoms with E-state index in [9.17, 15) is 19.2 Å². The minimum Gasteiger partial charge on any atom is -0.469 e. The van der Waals surface area contributed by atoms with Gasteiger partial charge < -0.3 is 23.8 Å². The summed E-state index contributed by atoms with van der Waals surface area (Å²) in [6.07, 6.45) is -1.23. The van der Waals surface area contributed by atoms with Crippen LogP contribution in [0.2, 0.25) is 0 Å². The summed E-state index contributed by atoms with van der Waals surface area (Å²) < 4.78 is 20.1. The van der Waals surface area contributed by atoms with Gasteiger partial charge in [0.15, 0.2) is 0 Å². The molecule has 0 aromatic rings. The molecule has 31 heavy (non-hydrogen) atoms. The molecule has 0 aliphatic heterocycles. The lowest BCUT2D eigenvalue weighted by Gasteiger charge is -2.33. The number of carbonyl (C=O) groups excluding carboxylic acids is 4. The minimum absolute atomic E-state index is 0.0183. The van der Waals surface area contributed by atoms with Gasteiger partial charge in [0, 0.05) is 6.21 Å². The molecular weight excluding hydrogens is 412 g/mol. The summed E-state index contributed by atoms with van der Waals surface area (Å²) in [6, 6.07) is -1.52. The number of rotatable bonds is 8. The normalized spacial score (nSPS) is 13.7. The van der Waals surface area contributed by atoms with E-state index in [0.717, 1.165) is 7.11 Å². The third-order valence-electron chi connectivity index (χ3n) is 3.58. The van der Waals surface area contributed by atoms with Crippen LogP contribution >= 0.6 is 0 Å². The Balaban J connectivity index is 6.20. The molecule has 2 amide bonds. The van der Waals surface area contributed by atoms with Crippen molar-refractivity contribution in [2.24, 2.45) is 11.1 Å². The molecule has 0 N–H and O–H groups in total. The molecular formula is C20H34N2O9. The van der Waals surface area contributed by atoms with Crippen molar-refractivity contribution >= 4 is 30.3 Å². The Morgan fingerprint density at radius 1 is 0.839 bits per heavy atom. The monoisotopic (exact) mass is 446 g/mol. The molecule has 0 unspecified atom stereocenters. The second-order valence-corrected chi connectivity index (χ2v) is 8.53. The van der Waals surface area contributed by atoms with E-state index in [1.807, 2.05) is 0 Å². The van der Waals surface area contributed by atoms with Crippen molar-refractivity contribution in [2.75, 3.05) is 21.3 Å². The number of oxime groups is 1. The summed E-state index contributed by atoms with van der Waals surface area (Å²) >= 11 is 0. The lowest BCUT2D eigenvalue weighted by atomic mass is 9.96. The summed E-state index contributed by atoms with van der Waals surface area (Å²) in [5, 5.41) is 3.57. The molecule has 0 bridgehead atoms. The lowest BCUT2D eigenvalue weighted by molar-refractivity contribution is -0.150. The van der Waals surface area contributed by atoms with Gasteiger partial charge in [-0.25, -0.2) is 14.4 Å². The van der Waals surface area contributed by atoms with Crippen molar-refractivity contribution in [3.8, 4) is 0 Å². The average Bonchev–Trinajstić information content (AvgIpc) is 2.62. The van der Waals surface area contributed by atoms with E-state index in [0.29, 0.717) is 4.90 Å². The maximum Gasteiger partial charge on any atom is 0.420 e. The second-order valence-electron chi connectivity index (χ2n) is 8.53. The highest BCUT2D eigenvalue weighted by atomic mass is 16.6. The first-order chi connectivity index (χ1) is 14.2. The van der Waals surface area contributed by atoms with Gasteiger partial charge in [-0.15, -0.1) is 0 Å². The van der Waals surface area contributed by atoms with Gasteiger partial charge in [0.2, 0.25) is 0 Å². The Morgan fingerprint density at radius 2 is 1.29 bits per heavy atom. The molecule has 0 aromatic heterocycles. The number of hydrogen-bond donors (Lipinski definition) is 0. The summed E-state index contributed by atoms with van der Waals surface area (Å²) in [5.41, 5.74) is -1.93. The highest BCUT2D eigenvalue weighted by Crippen LogP contribution is 2.23. The Bertz CT molecular complexity index is 635. The Hall–Kier alpha value is -2.85. The highest BCUT2D eigenvalue weighted by Gasteiger charge is 2.43. The first-order valence-corrected chi connectivity index (χ1v) is 9.62. The molecule has 178 valence electrons. The van der Waals surface area contributed by atoms with Crippen LogP contribution in [0.5, 0.6) is 0 Å². The fraction of sp³-hybridized carbons (Fsp3) is 0.750. The van der Waals surface area contributed by atoms with Crippen molar-refractivity contribution in [2.45, 2.75) is 71.6 Å². The molecule has 0 rings (SSSR count). The quantitative estimate of drug-likeness (QED) is 0.239. The summed E-state index contributed by atoms with van der Waals surface area (Å²) in [7, 11) is 3.60. The van der Waals surface area contributed by atoms with Gasteiger partial charge in [-0.3, -0.25) is 4.79 Å². The van der Waals surface area contributed by atoms with Crippen LogP contribution in [0.4, 0.5) is 9.59 Å². The van der Waals surface area contributed by atoms with Gasteiger partial charge in [-0.1, -0.05) is 5.16 Å². The Morgan fingerprint density at radius 3 is 1.65 bits per heavy atom. The fourth-order valence-electron chi connectivity index (χ4n) is 2.36. The summed E-state index contributed by atoms with van der Waals surface area (Å²) in [5.74, 6) is -2.56. The van der Waals surface area contributed by atoms with E-state index in [1.54, 1.807) is 41.5 Å². The predicted molar refractivity (Wildman–Crippen MR) is 110 cm³/mol. The molecule has 0 aromatic carbocycles. The van der Waals surface area contributed by atoms with Crippen molar-refractivity contribution in [1.29, 1.82) is 0 Å². The minimum atomic E-state index is -1.52.